The molecule has 0 spiro atoms. The van der Waals surface area contributed by atoms with Gasteiger partial charge >= 0.3 is 0 Å². The summed E-state index contributed by atoms with van der Waals surface area (Å²) in [6.07, 6.45) is 1.46. The van der Waals surface area contributed by atoms with Crippen molar-refractivity contribution >= 4 is 58.0 Å². The summed E-state index contributed by atoms with van der Waals surface area (Å²) in [7, 11) is 0. The molecule has 0 aliphatic carbocycles. The second-order valence-corrected chi connectivity index (χ2v) is 4.70. The Morgan fingerprint density at radius 2 is 1.77 bits per heavy atom. The molecule has 0 nitrogen and oxygen atoms in total. The van der Waals surface area contributed by atoms with Crippen molar-refractivity contribution in [1.29, 1.82) is 0 Å². The van der Waals surface area contributed by atoms with Crippen molar-refractivity contribution in [2.45, 2.75) is 11.8 Å². The molecule has 0 fully saturated rings. The van der Waals surface area contributed by atoms with E-state index in [1.54, 1.807) is 6.92 Å². The second-order valence-electron chi connectivity index (χ2n) is 2.43. The highest BCUT2D eigenvalue weighted by Gasteiger charge is 2.23. The van der Waals surface area contributed by atoms with E-state index >= 15 is 0 Å². The van der Waals surface area contributed by atoms with Crippen LogP contribution in [0.1, 0.15) is 6.92 Å². The van der Waals surface area contributed by atoms with Gasteiger partial charge in [0.25, 0.3) is 0 Å². The summed E-state index contributed by atoms with van der Waals surface area (Å²) in [6, 6.07) is 0. The third-order valence-electron chi connectivity index (χ3n) is 1.22. The molecule has 1 unspecified atom stereocenters. The van der Waals surface area contributed by atoms with E-state index in [0.29, 0.717) is 0 Å². The molecule has 0 amide bonds. The molecule has 0 aromatic rings. The molecule has 0 aliphatic heterocycles. The largest absolute Gasteiger partial charge is 0.109 e. The highest BCUT2D eigenvalue weighted by Crippen LogP contribution is 2.33. The Labute approximate surface area is 103 Å². The zero-order chi connectivity index (χ0) is 10.6. The minimum Gasteiger partial charge on any atom is -0.109 e. The SMILES string of the molecule is C=C(Cl)C(Cl)=CC(C)(Cl)C(Cl)=CCl. The second kappa shape index (κ2) is 5.53. The molecule has 0 bridgehead atoms. The topological polar surface area (TPSA) is 0 Å². The van der Waals surface area contributed by atoms with E-state index in [1.165, 1.54) is 11.6 Å². The predicted molar refractivity (Wildman–Crippen MR) is 63.0 cm³/mol. The standard InChI is InChI=1S/C8H7Cl5/c1-5(10)6(11)3-8(2,13)7(12)4-9/h3-4H,1H2,2H3. The first-order valence-corrected chi connectivity index (χ1v) is 5.14. The Morgan fingerprint density at radius 1 is 1.31 bits per heavy atom. The van der Waals surface area contributed by atoms with Gasteiger partial charge in [-0.2, -0.15) is 0 Å². The molecule has 0 aromatic heterocycles. The van der Waals surface area contributed by atoms with Crippen LogP contribution in [0.4, 0.5) is 0 Å². The van der Waals surface area contributed by atoms with Gasteiger partial charge in [0, 0.05) is 5.54 Å². The van der Waals surface area contributed by atoms with E-state index < -0.39 is 4.87 Å². The smallest absolute Gasteiger partial charge is 0.0978 e. The zero-order valence-corrected chi connectivity index (χ0v) is 10.5. The number of halogens is 5. The van der Waals surface area contributed by atoms with Crippen molar-refractivity contribution in [3.05, 3.63) is 33.3 Å². The third kappa shape index (κ3) is 4.62. The Morgan fingerprint density at radius 3 is 2.08 bits per heavy atom. The van der Waals surface area contributed by atoms with E-state index in [2.05, 4.69) is 6.58 Å². The molecule has 0 rings (SSSR count). The lowest BCUT2D eigenvalue weighted by Gasteiger charge is -2.16. The lowest BCUT2D eigenvalue weighted by Crippen LogP contribution is -2.12. The minimum atomic E-state index is -0.960. The van der Waals surface area contributed by atoms with Crippen molar-refractivity contribution < 1.29 is 0 Å². The number of alkyl halides is 1. The molecular weight excluding hydrogens is 273 g/mol. The summed E-state index contributed by atoms with van der Waals surface area (Å²) in [5.41, 5.74) is 1.17. The third-order valence-corrected chi connectivity index (χ3v) is 3.10. The Bertz CT molecular complexity index is 262. The van der Waals surface area contributed by atoms with Crippen molar-refractivity contribution in [3.8, 4) is 0 Å². The minimum absolute atomic E-state index is 0.201. The summed E-state index contributed by atoms with van der Waals surface area (Å²) in [6.45, 7) is 5.07. The summed E-state index contributed by atoms with van der Waals surface area (Å²) in [5.74, 6) is 0. The number of hydrogen-bond donors (Lipinski definition) is 0. The number of allylic oxidation sites excluding steroid dienone is 4. The summed E-state index contributed by atoms with van der Waals surface area (Å²) in [4.78, 5) is -0.960. The molecule has 0 saturated heterocycles. The first-order chi connectivity index (χ1) is 5.81. The molecule has 0 N–H and O–H groups in total. The molecule has 0 heterocycles. The maximum absolute atomic E-state index is 5.98. The van der Waals surface area contributed by atoms with Crippen LogP contribution in [0.25, 0.3) is 0 Å². The highest BCUT2D eigenvalue weighted by molar-refractivity contribution is 6.46. The fraction of sp³-hybridized carbons (Fsp3) is 0.250. The van der Waals surface area contributed by atoms with E-state index in [1.807, 2.05) is 0 Å². The molecular formula is C8H7Cl5. The van der Waals surface area contributed by atoms with Gasteiger partial charge in [-0.1, -0.05) is 53.0 Å². The monoisotopic (exact) mass is 278 g/mol. The van der Waals surface area contributed by atoms with Gasteiger partial charge in [0.05, 0.1) is 20.0 Å². The molecule has 0 radical (unpaired) electrons. The first kappa shape index (κ1) is 13.7. The van der Waals surface area contributed by atoms with Gasteiger partial charge in [0.1, 0.15) is 0 Å². The summed E-state index contributed by atoms with van der Waals surface area (Å²) in [5, 5.41) is 0.704. The van der Waals surface area contributed by atoms with Crippen molar-refractivity contribution in [1.82, 2.24) is 0 Å². The molecule has 5 heteroatoms. The van der Waals surface area contributed by atoms with Gasteiger partial charge in [0.15, 0.2) is 0 Å². The van der Waals surface area contributed by atoms with E-state index in [-0.39, 0.29) is 15.1 Å². The van der Waals surface area contributed by atoms with Gasteiger partial charge in [-0.25, -0.2) is 0 Å². The molecule has 0 saturated carbocycles. The normalized spacial score (nSPS) is 18.3. The Hall–Kier alpha value is 0.670. The maximum Gasteiger partial charge on any atom is 0.0978 e. The summed E-state index contributed by atoms with van der Waals surface area (Å²) >= 11 is 28.4. The summed E-state index contributed by atoms with van der Waals surface area (Å²) < 4.78 is 0. The highest BCUT2D eigenvalue weighted by atomic mass is 35.5. The van der Waals surface area contributed by atoms with Gasteiger partial charge in [-0.05, 0) is 13.0 Å². The maximum atomic E-state index is 5.98. The van der Waals surface area contributed by atoms with Crippen molar-refractivity contribution in [2.75, 3.05) is 0 Å². The Kier molecular flexibility index (Phi) is 5.81. The lowest BCUT2D eigenvalue weighted by molar-refractivity contribution is 0.968. The fourth-order valence-corrected chi connectivity index (χ4v) is 1.32. The fourth-order valence-electron chi connectivity index (χ4n) is 0.492. The quantitative estimate of drug-likeness (QED) is 0.493. The lowest BCUT2D eigenvalue weighted by atomic mass is 10.1. The van der Waals surface area contributed by atoms with E-state index in [4.69, 9.17) is 58.0 Å². The number of hydrogen-bond acceptors (Lipinski definition) is 0. The van der Waals surface area contributed by atoms with E-state index in [9.17, 15) is 0 Å². The van der Waals surface area contributed by atoms with Gasteiger partial charge in [0.2, 0.25) is 0 Å². The average molecular weight is 280 g/mol. The Balaban J connectivity index is 4.88. The van der Waals surface area contributed by atoms with Gasteiger partial charge in [-0.3, -0.25) is 0 Å². The first-order valence-electron chi connectivity index (χ1n) is 3.19. The molecule has 1 atom stereocenters. The molecule has 13 heavy (non-hydrogen) atoms. The van der Waals surface area contributed by atoms with Crippen LogP contribution in [0, 0.1) is 0 Å². The van der Waals surface area contributed by atoms with Crippen LogP contribution in [-0.2, 0) is 0 Å². The van der Waals surface area contributed by atoms with Crippen LogP contribution < -0.4 is 0 Å². The van der Waals surface area contributed by atoms with Crippen LogP contribution in [0.5, 0.6) is 0 Å². The van der Waals surface area contributed by atoms with Crippen LogP contribution >= 0.6 is 58.0 Å². The molecule has 0 aliphatic rings. The van der Waals surface area contributed by atoms with Crippen molar-refractivity contribution in [2.24, 2.45) is 0 Å². The van der Waals surface area contributed by atoms with Gasteiger partial charge < -0.3 is 0 Å². The molecule has 74 valence electrons. The number of rotatable bonds is 3. The van der Waals surface area contributed by atoms with Crippen LogP contribution in [-0.4, -0.2) is 4.87 Å². The molecule has 0 aromatic carbocycles. The van der Waals surface area contributed by atoms with Crippen LogP contribution in [0.15, 0.2) is 33.3 Å². The van der Waals surface area contributed by atoms with Crippen LogP contribution in [0.2, 0.25) is 0 Å². The average Bonchev–Trinajstić information content (AvgIpc) is 2.01. The predicted octanol–water partition coefficient (Wildman–Crippen LogP) is 5.18. The van der Waals surface area contributed by atoms with Crippen molar-refractivity contribution in [3.63, 3.8) is 0 Å². The van der Waals surface area contributed by atoms with E-state index in [0.717, 1.165) is 0 Å². The van der Waals surface area contributed by atoms with Crippen LogP contribution in [0.3, 0.4) is 0 Å². The zero-order valence-electron chi connectivity index (χ0n) is 6.75. The van der Waals surface area contributed by atoms with Gasteiger partial charge in [-0.15, -0.1) is 11.6 Å².